The fourth-order valence-electron chi connectivity index (χ4n) is 4.10. The van der Waals surface area contributed by atoms with Gasteiger partial charge in [0.25, 0.3) is 5.91 Å². The molecule has 1 aromatic carbocycles. The van der Waals surface area contributed by atoms with Gasteiger partial charge in [0.15, 0.2) is 0 Å². The number of rotatable bonds is 5. The Bertz CT molecular complexity index is 648. The summed E-state index contributed by atoms with van der Waals surface area (Å²) in [6.07, 6.45) is 5.40. The number of amides is 3. The molecule has 6 nitrogen and oxygen atoms in total. The predicted molar refractivity (Wildman–Crippen MR) is 111 cm³/mol. The van der Waals surface area contributed by atoms with E-state index in [1.807, 2.05) is 35.2 Å². The van der Waals surface area contributed by atoms with Crippen molar-refractivity contribution >= 4 is 11.9 Å². The lowest BCUT2D eigenvalue weighted by atomic mass is 9.98. The van der Waals surface area contributed by atoms with Crippen LogP contribution in [-0.4, -0.2) is 66.0 Å². The van der Waals surface area contributed by atoms with Crippen LogP contribution in [0.1, 0.15) is 56.3 Å². The van der Waals surface area contributed by atoms with Crippen LogP contribution in [0.15, 0.2) is 30.3 Å². The molecule has 2 aliphatic heterocycles. The maximum Gasteiger partial charge on any atom is 0.317 e. The summed E-state index contributed by atoms with van der Waals surface area (Å²) >= 11 is 0. The van der Waals surface area contributed by atoms with E-state index in [0.29, 0.717) is 25.2 Å². The van der Waals surface area contributed by atoms with Gasteiger partial charge in [0, 0.05) is 36.8 Å². The minimum atomic E-state index is -0.0354. The van der Waals surface area contributed by atoms with E-state index in [-0.39, 0.29) is 23.5 Å². The van der Waals surface area contributed by atoms with Crippen LogP contribution in [0.25, 0.3) is 0 Å². The molecule has 6 heteroatoms. The molecule has 0 unspecified atom stereocenters. The molecule has 154 valence electrons. The third-order valence-electron chi connectivity index (χ3n) is 6.04. The van der Waals surface area contributed by atoms with Gasteiger partial charge in [-0.15, -0.1) is 0 Å². The van der Waals surface area contributed by atoms with E-state index in [0.717, 1.165) is 25.9 Å². The number of likely N-dealkylation sites (tertiary alicyclic amines) is 2. The zero-order valence-electron chi connectivity index (χ0n) is 17.2. The fourth-order valence-corrected chi connectivity index (χ4v) is 4.10. The smallest absolute Gasteiger partial charge is 0.317 e. The molecular weight excluding hydrogens is 352 g/mol. The molecular formula is C22H34N4O2. The predicted octanol–water partition coefficient (Wildman–Crippen LogP) is 2.85. The third-order valence-corrected chi connectivity index (χ3v) is 6.04. The summed E-state index contributed by atoms with van der Waals surface area (Å²) in [6.45, 7) is 8.68. The van der Waals surface area contributed by atoms with Crippen LogP contribution in [0.5, 0.6) is 0 Å². The number of benzene rings is 1. The Morgan fingerprint density at radius 3 is 2.29 bits per heavy atom. The van der Waals surface area contributed by atoms with Crippen LogP contribution in [0.2, 0.25) is 0 Å². The lowest BCUT2D eigenvalue weighted by Crippen LogP contribution is -2.56. The Morgan fingerprint density at radius 2 is 1.64 bits per heavy atom. The van der Waals surface area contributed by atoms with Crippen molar-refractivity contribution < 1.29 is 9.59 Å². The van der Waals surface area contributed by atoms with E-state index < -0.39 is 0 Å². The fraction of sp³-hybridized carbons (Fsp3) is 0.636. The summed E-state index contributed by atoms with van der Waals surface area (Å²) in [5, 5.41) is 6.22. The van der Waals surface area contributed by atoms with Gasteiger partial charge in [0.05, 0.1) is 0 Å². The van der Waals surface area contributed by atoms with Gasteiger partial charge in [-0.3, -0.25) is 9.69 Å². The van der Waals surface area contributed by atoms with Crippen LogP contribution >= 0.6 is 0 Å². The first-order chi connectivity index (χ1) is 13.5. The molecule has 0 aliphatic carbocycles. The van der Waals surface area contributed by atoms with Crippen molar-refractivity contribution in [3.63, 3.8) is 0 Å². The Balaban J connectivity index is 1.40. The first-order valence-corrected chi connectivity index (χ1v) is 10.6. The summed E-state index contributed by atoms with van der Waals surface area (Å²) < 4.78 is 0. The topological polar surface area (TPSA) is 64.7 Å². The van der Waals surface area contributed by atoms with Crippen LogP contribution in [0, 0.1) is 0 Å². The second-order valence-corrected chi connectivity index (χ2v) is 8.62. The van der Waals surface area contributed by atoms with Crippen LogP contribution in [0.4, 0.5) is 4.79 Å². The quantitative estimate of drug-likeness (QED) is 0.818. The molecule has 2 saturated heterocycles. The van der Waals surface area contributed by atoms with Gasteiger partial charge in [-0.25, -0.2) is 4.79 Å². The maximum absolute atomic E-state index is 12.6. The maximum atomic E-state index is 12.6. The lowest BCUT2D eigenvalue weighted by molar-refractivity contribution is 0.0897. The van der Waals surface area contributed by atoms with Crippen molar-refractivity contribution in [3.05, 3.63) is 35.9 Å². The molecule has 2 N–H and O–H groups in total. The molecule has 3 amide bonds. The standard InChI is InChI=1S/C22H34N4O2/c1-22(2,26-13-7-4-8-14-26)17-23-21(28)25-15-11-19(12-16-25)24-20(27)18-9-5-3-6-10-18/h3,5-6,9-10,19H,4,7-8,11-17H2,1-2H3,(H,23,28)(H,24,27). The zero-order chi connectivity index (χ0) is 20.0. The molecule has 2 fully saturated rings. The summed E-state index contributed by atoms with van der Waals surface area (Å²) in [6, 6.07) is 9.42. The van der Waals surface area contributed by atoms with E-state index in [1.165, 1.54) is 19.3 Å². The summed E-state index contributed by atoms with van der Waals surface area (Å²) in [5.74, 6) is -0.0354. The van der Waals surface area contributed by atoms with Gasteiger partial charge in [0.2, 0.25) is 0 Å². The minimum Gasteiger partial charge on any atom is -0.349 e. The van der Waals surface area contributed by atoms with Crippen LogP contribution in [-0.2, 0) is 0 Å². The molecule has 2 aliphatic rings. The Kier molecular flexibility index (Phi) is 6.94. The van der Waals surface area contributed by atoms with Gasteiger partial charge in [-0.05, 0) is 64.8 Å². The molecule has 0 aromatic heterocycles. The SMILES string of the molecule is CC(C)(CNC(=O)N1CCC(NC(=O)c2ccccc2)CC1)N1CCCCC1. The third kappa shape index (κ3) is 5.47. The van der Waals surface area contributed by atoms with Crippen molar-refractivity contribution in [2.24, 2.45) is 0 Å². The first kappa shape index (κ1) is 20.6. The number of piperidine rings is 2. The van der Waals surface area contributed by atoms with E-state index in [9.17, 15) is 9.59 Å². The highest BCUT2D eigenvalue weighted by Gasteiger charge is 2.30. The van der Waals surface area contributed by atoms with Gasteiger partial charge in [0.1, 0.15) is 0 Å². The van der Waals surface area contributed by atoms with Gasteiger partial charge >= 0.3 is 6.03 Å². The van der Waals surface area contributed by atoms with Gasteiger partial charge in [-0.1, -0.05) is 24.6 Å². The second kappa shape index (κ2) is 9.41. The van der Waals surface area contributed by atoms with Gasteiger partial charge in [-0.2, -0.15) is 0 Å². The summed E-state index contributed by atoms with van der Waals surface area (Å²) in [5.41, 5.74) is 0.667. The highest BCUT2D eigenvalue weighted by molar-refractivity contribution is 5.94. The number of urea groups is 1. The highest BCUT2D eigenvalue weighted by Crippen LogP contribution is 2.20. The molecule has 1 aromatic rings. The average Bonchev–Trinajstić information content (AvgIpc) is 2.74. The number of carbonyl (C=O) groups excluding carboxylic acids is 2. The van der Waals surface area contributed by atoms with E-state index in [4.69, 9.17) is 0 Å². The number of carbonyl (C=O) groups is 2. The molecule has 3 rings (SSSR count). The summed E-state index contributed by atoms with van der Waals surface area (Å²) in [7, 11) is 0. The Labute approximate surface area is 168 Å². The van der Waals surface area contributed by atoms with Crippen molar-refractivity contribution in [1.29, 1.82) is 0 Å². The molecule has 0 spiro atoms. The highest BCUT2D eigenvalue weighted by atomic mass is 16.2. The summed E-state index contributed by atoms with van der Waals surface area (Å²) in [4.78, 5) is 29.2. The van der Waals surface area contributed by atoms with E-state index >= 15 is 0 Å². The monoisotopic (exact) mass is 386 g/mol. The number of hydrogen-bond acceptors (Lipinski definition) is 3. The molecule has 0 radical (unpaired) electrons. The lowest BCUT2D eigenvalue weighted by Gasteiger charge is -2.41. The van der Waals surface area contributed by atoms with Gasteiger partial charge < -0.3 is 15.5 Å². The van der Waals surface area contributed by atoms with Crippen molar-refractivity contribution in [3.8, 4) is 0 Å². The normalized spacial score (nSPS) is 19.3. The number of hydrogen-bond donors (Lipinski definition) is 2. The average molecular weight is 387 g/mol. The van der Waals surface area contributed by atoms with Crippen molar-refractivity contribution in [2.45, 2.75) is 57.5 Å². The molecule has 28 heavy (non-hydrogen) atoms. The van der Waals surface area contributed by atoms with Crippen LogP contribution in [0.3, 0.4) is 0 Å². The van der Waals surface area contributed by atoms with E-state index in [2.05, 4.69) is 29.4 Å². The first-order valence-electron chi connectivity index (χ1n) is 10.6. The molecule has 0 saturated carbocycles. The van der Waals surface area contributed by atoms with Crippen LogP contribution < -0.4 is 10.6 Å². The molecule has 2 heterocycles. The number of nitrogens with one attached hydrogen (secondary N) is 2. The minimum absolute atomic E-state index is 0.0120. The number of nitrogens with zero attached hydrogens (tertiary/aromatic N) is 2. The van der Waals surface area contributed by atoms with Crippen molar-refractivity contribution in [1.82, 2.24) is 20.4 Å². The molecule has 0 atom stereocenters. The zero-order valence-corrected chi connectivity index (χ0v) is 17.2. The Hall–Kier alpha value is -2.08. The Morgan fingerprint density at radius 1 is 1.00 bits per heavy atom. The van der Waals surface area contributed by atoms with Crippen molar-refractivity contribution in [2.75, 3.05) is 32.7 Å². The molecule has 0 bridgehead atoms. The second-order valence-electron chi connectivity index (χ2n) is 8.62. The largest absolute Gasteiger partial charge is 0.349 e. The van der Waals surface area contributed by atoms with E-state index in [1.54, 1.807) is 0 Å².